The van der Waals surface area contributed by atoms with Crippen LogP contribution in [0.1, 0.15) is 26.7 Å². The third kappa shape index (κ3) is 5.40. The fraction of sp³-hybridized carbons (Fsp3) is 0.667. The first kappa shape index (κ1) is 16.8. The fourth-order valence-electron chi connectivity index (χ4n) is 1.58. The van der Waals surface area contributed by atoms with Crippen molar-refractivity contribution >= 4 is 17.3 Å². The average Bonchev–Trinajstić information content (AvgIpc) is 2.31. The zero-order chi connectivity index (χ0) is 15.3. The van der Waals surface area contributed by atoms with Gasteiger partial charge in [0.2, 0.25) is 0 Å². The van der Waals surface area contributed by atoms with Gasteiger partial charge in [-0.25, -0.2) is 4.68 Å². The Morgan fingerprint density at radius 2 is 2.10 bits per heavy atom. The van der Waals surface area contributed by atoms with Crippen molar-refractivity contribution in [3.05, 3.63) is 21.6 Å². The summed E-state index contributed by atoms with van der Waals surface area (Å²) in [6.45, 7) is 4.39. The van der Waals surface area contributed by atoms with E-state index < -0.39 is 18.2 Å². The Kier molecular flexibility index (Phi) is 5.86. The minimum Gasteiger partial charge on any atom is -0.382 e. The third-order valence-corrected chi connectivity index (χ3v) is 2.84. The zero-order valence-electron chi connectivity index (χ0n) is 11.3. The molecule has 0 fully saturated rings. The van der Waals surface area contributed by atoms with E-state index in [1.165, 1.54) is 10.9 Å². The predicted octanol–water partition coefficient (Wildman–Crippen LogP) is 3.31. The lowest BCUT2D eigenvalue weighted by Gasteiger charge is -2.12. The molecule has 20 heavy (non-hydrogen) atoms. The lowest BCUT2D eigenvalue weighted by molar-refractivity contribution is -0.134. The minimum absolute atomic E-state index is 0.0485. The van der Waals surface area contributed by atoms with Crippen LogP contribution in [0.5, 0.6) is 0 Å². The number of nitrogens with zero attached hydrogens (tertiary/aromatic N) is 2. The monoisotopic (exact) mass is 311 g/mol. The molecule has 0 aliphatic heterocycles. The van der Waals surface area contributed by atoms with Crippen molar-refractivity contribution in [2.45, 2.75) is 39.4 Å². The molecule has 0 unspecified atom stereocenters. The Bertz CT molecular complexity index is 500. The van der Waals surface area contributed by atoms with E-state index in [9.17, 15) is 18.0 Å². The molecular weight excluding hydrogens is 295 g/mol. The minimum atomic E-state index is -4.18. The van der Waals surface area contributed by atoms with Crippen LogP contribution >= 0.6 is 11.6 Å². The van der Waals surface area contributed by atoms with Gasteiger partial charge in [0, 0.05) is 19.5 Å². The van der Waals surface area contributed by atoms with E-state index >= 15 is 0 Å². The van der Waals surface area contributed by atoms with Crippen molar-refractivity contribution in [1.29, 1.82) is 0 Å². The highest BCUT2D eigenvalue weighted by Gasteiger charge is 2.25. The summed E-state index contributed by atoms with van der Waals surface area (Å²) in [6, 6.07) is 0. The van der Waals surface area contributed by atoms with Crippen LogP contribution in [0.2, 0.25) is 5.02 Å². The van der Waals surface area contributed by atoms with Gasteiger partial charge in [-0.15, -0.1) is 0 Å². The van der Waals surface area contributed by atoms with Gasteiger partial charge in [-0.2, -0.15) is 18.3 Å². The lowest BCUT2D eigenvalue weighted by Crippen LogP contribution is -2.26. The molecule has 1 aromatic rings. The second-order valence-corrected chi connectivity index (χ2v) is 5.28. The van der Waals surface area contributed by atoms with Gasteiger partial charge in [-0.05, 0) is 12.3 Å². The summed E-state index contributed by atoms with van der Waals surface area (Å²) >= 11 is 5.89. The Labute approximate surface area is 119 Å². The molecule has 0 spiro atoms. The molecule has 0 amide bonds. The van der Waals surface area contributed by atoms with Gasteiger partial charge in [0.15, 0.2) is 0 Å². The summed E-state index contributed by atoms with van der Waals surface area (Å²) in [5, 5.41) is 6.59. The quantitative estimate of drug-likeness (QED) is 0.820. The van der Waals surface area contributed by atoms with Gasteiger partial charge in [0.25, 0.3) is 5.56 Å². The summed E-state index contributed by atoms with van der Waals surface area (Å²) in [7, 11) is 0. The van der Waals surface area contributed by atoms with Gasteiger partial charge in [-0.1, -0.05) is 25.4 Å². The van der Waals surface area contributed by atoms with Crippen LogP contribution in [-0.2, 0) is 6.54 Å². The van der Waals surface area contributed by atoms with Crippen molar-refractivity contribution < 1.29 is 13.2 Å². The van der Waals surface area contributed by atoms with Crippen molar-refractivity contribution in [3.8, 4) is 0 Å². The molecule has 114 valence electrons. The Morgan fingerprint density at radius 1 is 1.45 bits per heavy atom. The highest BCUT2D eigenvalue weighted by atomic mass is 35.5. The van der Waals surface area contributed by atoms with Gasteiger partial charge >= 0.3 is 6.18 Å². The first-order valence-electron chi connectivity index (χ1n) is 6.27. The second-order valence-electron chi connectivity index (χ2n) is 4.90. The smallest absolute Gasteiger partial charge is 0.382 e. The van der Waals surface area contributed by atoms with Gasteiger partial charge in [0.1, 0.15) is 5.02 Å². The molecule has 0 saturated heterocycles. The molecule has 1 rings (SSSR count). The highest BCUT2D eigenvalue weighted by Crippen LogP contribution is 2.22. The van der Waals surface area contributed by atoms with Crippen LogP contribution in [0.15, 0.2) is 11.0 Å². The maximum Gasteiger partial charge on any atom is 0.389 e. The summed E-state index contributed by atoms with van der Waals surface area (Å²) in [5.41, 5.74) is -0.181. The van der Waals surface area contributed by atoms with E-state index in [1.807, 2.05) is 13.8 Å². The number of anilines is 1. The maximum atomic E-state index is 12.0. The predicted molar refractivity (Wildman–Crippen MR) is 72.1 cm³/mol. The number of nitrogens with one attached hydrogen (secondary N) is 1. The number of hydrogen-bond acceptors (Lipinski definition) is 3. The molecule has 1 heterocycles. The van der Waals surface area contributed by atoms with E-state index in [0.717, 1.165) is 0 Å². The van der Waals surface area contributed by atoms with Crippen molar-refractivity contribution in [3.63, 3.8) is 0 Å². The molecule has 8 heteroatoms. The maximum absolute atomic E-state index is 12.0. The van der Waals surface area contributed by atoms with Crippen LogP contribution in [0.4, 0.5) is 18.9 Å². The molecule has 0 bridgehead atoms. The first-order valence-corrected chi connectivity index (χ1v) is 6.64. The summed E-state index contributed by atoms with van der Waals surface area (Å²) in [4.78, 5) is 11.9. The molecule has 4 nitrogen and oxygen atoms in total. The molecule has 1 N–H and O–H groups in total. The standard InChI is InChI=1S/C12H17ClF3N3O/c1-8(2)7-19-11(20)10(13)9(6-18-19)17-5-3-4-12(14,15)16/h6,8,17H,3-5,7H2,1-2H3. The molecule has 0 aliphatic carbocycles. The number of halogens is 4. The first-order chi connectivity index (χ1) is 9.20. The summed E-state index contributed by atoms with van der Waals surface area (Å²) in [5.74, 6) is 0.238. The van der Waals surface area contributed by atoms with E-state index in [0.29, 0.717) is 6.54 Å². The van der Waals surface area contributed by atoms with Crippen LogP contribution in [0.25, 0.3) is 0 Å². The lowest BCUT2D eigenvalue weighted by atomic mass is 10.2. The van der Waals surface area contributed by atoms with Gasteiger partial charge in [0.05, 0.1) is 11.9 Å². The summed E-state index contributed by atoms with van der Waals surface area (Å²) in [6.07, 6.45) is -3.78. The molecule has 0 aliphatic rings. The van der Waals surface area contributed by atoms with Crippen LogP contribution in [0.3, 0.4) is 0 Å². The van der Waals surface area contributed by atoms with E-state index in [1.54, 1.807) is 0 Å². The Morgan fingerprint density at radius 3 is 2.65 bits per heavy atom. The molecular formula is C12H17ClF3N3O. The second kappa shape index (κ2) is 6.97. The SMILES string of the molecule is CC(C)Cn1ncc(NCCCC(F)(F)F)c(Cl)c1=O. The number of alkyl halides is 3. The third-order valence-electron chi connectivity index (χ3n) is 2.48. The van der Waals surface area contributed by atoms with Gasteiger partial charge in [-0.3, -0.25) is 4.79 Å². The Hall–Kier alpha value is -1.24. The van der Waals surface area contributed by atoms with Crippen LogP contribution in [0, 0.1) is 5.92 Å². The number of rotatable bonds is 6. The zero-order valence-corrected chi connectivity index (χ0v) is 12.1. The molecule has 0 atom stereocenters. The highest BCUT2D eigenvalue weighted by molar-refractivity contribution is 6.32. The normalized spacial score (nSPS) is 11.9. The van der Waals surface area contributed by atoms with Gasteiger partial charge < -0.3 is 5.32 Å². The molecule has 0 saturated carbocycles. The van der Waals surface area contributed by atoms with Crippen molar-refractivity contribution in [2.24, 2.45) is 5.92 Å². The van der Waals surface area contributed by atoms with E-state index in [2.05, 4.69) is 10.4 Å². The number of hydrogen-bond donors (Lipinski definition) is 1. The fourth-order valence-corrected chi connectivity index (χ4v) is 1.79. The van der Waals surface area contributed by atoms with Crippen molar-refractivity contribution in [2.75, 3.05) is 11.9 Å². The molecule has 1 aromatic heterocycles. The topological polar surface area (TPSA) is 46.9 Å². The van der Waals surface area contributed by atoms with E-state index in [-0.39, 0.29) is 29.6 Å². The van der Waals surface area contributed by atoms with E-state index in [4.69, 9.17) is 11.6 Å². The van der Waals surface area contributed by atoms with Crippen LogP contribution < -0.4 is 10.9 Å². The largest absolute Gasteiger partial charge is 0.389 e. The van der Waals surface area contributed by atoms with Crippen molar-refractivity contribution in [1.82, 2.24) is 9.78 Å². The average molecular weight is 312 g/mol. The number of aromatic nitrogens is 2. The molecule has 0 radical (unpaired) electrons. The van der Waals surface area contributed by atoms with Crippen LogP contribution in [-0.4, -0.2) is 22.5 Å². The molecule has 0 aromatic carbocycles. The summed E-state index contributed by atoms with van der Waals surface area (Å²) < 4.78 is 37.2. The Balaban J connectivity index is 2.64.